The van der Waals surface area contributed by atoms with Crippen molar-refractivity contribution in [1.29, 1.82) is 0 Å². The summed E-state index contributed by atoms with van der Waals surface area (Å²) in [5.74, 6) is -1.59. The van der Waals surface area contributed by atoms with Gasteiger partial charge >= 0.3 is 5.97 Å². The Morgan fingerprint density at radius 2 is 1.82 bits per heavy atom. The molecule has 0 aliphatic carbocycles. The number of carboxylic acid groups (broad SMARTS) is 1. The minimum absolute atomic E-state index is 0.128. The Morgan fingerprint density at radius 1 is 1.02 bits per heavy atom. The van der Waals surface area contributed by atoms with Crippen LogP contribution in [-0.2, 0) is 20.7 Å². The van der Waals surface area contributed by atoms with E-state index in [-0.39, 0.29) is 12.3 Å². The molecule has 1 aromatic heterocycles. The van der Waals surface area contributed by atoms with E-state index in [0.29, 0.717) is 30.8 Å². The number of fused-ring (bicyclic) bond motifs is 1. The van der Waals surface area contributed by atoms with Crippen LogP contribution in [0, 0.1) is 20.8 Å². The lowest BCUT2D eigenvalue weighted by atomic mass is 10.1. The molecule has 2 heterocycles. The van der Waals surface area contributed by atoms with Gasteiger partial charge in [0.15, 0.2) is 0 Å². The number of aromatic nitrogens is 2. The Bertz CT molecular complexity index is 1720. The van der Waals surface area contributed by atoms with Crippen molar-refractivity contribution >= 4 is 34.8 Å². The van der Waals surface area contributed by atoms with E-state index in [2.05, 4.69) is 21.8 Å². The zero-order valence-electron chi connectivity index (χ0n) is 25.7. The van der Waals surface area contributed by atoms with Crippen molar-refractivity contribution < 1.29 is 29.0 Å². The number of anilines is 3. The highest BCUT2D eigenvalue weighted by atomic mass is 16.7. The van der Waals surface area contributed by atoms with E-state index < -0.39 is 30.1 Å². The molecular weight excluding hydrogens is 574 g/mol. The lowest BCUT2D eigenvalue weighted by Gasteiger charge is -2.24. The average Bonchev–Trinajstić information content (AvgIpc) is 3.67. The van der Waals surface area contributed by atoms with Crippen molar-refractivity contribution in [2.45, 2.75) is 52.9 Å². The van der Waals surface area contributed by atoms with Crippen molar-refractivity contribution in [2.75, 3.05) is 28.8 Å². The summed E-state index contributed by atoms with van der Waals surface area (Å²) in [5.41, 5.74) is 5.71. The van der Waals surface area contributed by atoms with Gasteiger partial charge in [-0.3, -0.25) is 9.59 Å². The average molecular weight is 612 g/mol. The Kier molecular flexibility index (Phi) is 9.48. The molecule has 1 aliphatic rings. The first-order chi connectivity index (χ1) is 21.6. The van der Waals surface area contributed by atoms with Crippen molar-refractivity contribution in [1.82, 2.24) is 9.78 Å². The van der Waals surface area contributed by atoms with Crippen LogP contribution in [0.4, 0.5) is 17.1 Å². The molecule has 2 unspecified atom stereocenters. The molecule has 0 spiro atoms. The number of hydrogen-bond acceptors (Lipinski definition) is 7. The van der Waals surface area contributed by atoms with Crippen molar-refractivity contribution in [3.8, 4) is 5.75 Å². The molecule has 0 saturated carbocycles. The van der Waals surface area contributed by atoms with Gasteiger partial charge in [0.25, 0.3) is 11.8 Å². The standard InChI is InChI=1S/C34H37N5O6/c1-5-30(45-29-13-10-21(2)16-23(29)4)44-20-35-26-12-11-22(3)27(17-26)37-32(40)31(39-19-25(18-36-39)34(42)43)33(41)38-15-14-24-8-6-7-9-28(24)38/h6-13,16-19,30-31,35H,5,14-15,20H2,1-4H3,(H,37,40)(H,42,43). The first-order valence-corrected chi connectivity index (χ1v) is 14.8. The summed E-state index contributed by atoms with van der Waals surface area (Å²) in [5, 5.41) is 19.6. The van der Waals surface area contributed by atoms with Crippen LogP contribution in [-0.4, -0.2) is 52.2 Å². The number of aromatic carboxylic acids is 1. The number of nitrogens with zero attached hydrogens (tertiary/aromatic N) is 3. The van der Waals surface area contributed by atoms with Crippen LogP contribution in [0.3, 0.4) is 0 Å². The maximum Gasteiger partial charge on any atom is 0.338 e. The van der Waals surface area contributed by atoms with Crippen LogP contribution in [0.1, 0.15) is 52.0 Å². The molecule has 45 heavy (non-hydrogen) atoms. The highest BCUT2D eigenvalue weighted by molar-refractivity contribution is 6.14. The Balaban J connectivity index is 1.30. The number of ether oxygens (including phenoxy) is 2. The SMILES string of the molecule is CCC(OCNc1ccc(C)c(NC(=O)C(C(=O)N2CCc3ccccc32)n2cc(C(=O)O)cn2)c1)Oc1ccc(C)cc1C. The third kappa shape index (κ3) is 7.15. The number of para-hydroxylation sites is 1. The summed E-state index contributed by atoms with van der Waals surface area (Å²) < 4.78 is 13.1. The molecule has 0 fully saturated rings. The number of carbonyl (C=O) groups is 3. The van der Waals surface area contributed by atoms with Gasteiger partial charge in [0, 0.05) is 36.2 Å². The molecule has 11 heteroatoms. The second-order valence-corrected chi connectivity index (χ2v) is 11.0. The van der Waals surface area contributed by atoms with E-state index in [1.165, 1.54) is 6.20 Å². The quantitative estimate of drug-likeness (QED) is 0.142. The zero-order valence-corrected chi connectivity index (χ0v) is 25.7. The van der Waals surface area contributed by atoms with Crippen LogP contribution in [0.2, 0.25) is 0 Å². The molecule has 3 N–H and O–H groups in total. The molecule has 3 aromatic carbocycles. The van der Waals surface area contributed by atoms with Crippen molar-refractivity contribution in [3.63, 3.8) is 0 Å². The summed E-state index contributed by atoms with van der Waals surface area (Å²) in [6.45, 7) is 8.40. The van der Waals surface area contributed by atoms with Gasteiger partial charge in [-0.1, -0.05) is 48.9 Å². The maximum atomic E-state index is 13.9. The summed E-state index contributed by atoms with van der Waals surface area (Å²) >= 11 is 0. The monoisotopic (exact) mass is 611 g/mol. The van der Waals surface area contributed by atoms with E-state index >= 15 is 0 Å². The predicted octanol–water partition coefficient (Wildman–Crippen LogP) is 5.48. The topological polar surface area (TPSA) is 135 Å². The Morgan fingerprint density at radius 3 is 2.56 bits per heavy atom. The van der Waals surface area contributed by atoms with E-state index in [4.69, 9.17) is 9.47 Å². The molecular formula is C34H37N5O6. The fourth-order valence-corrected chi connectivity index (χ4v) is 5.24. The minimum atomic E-state index is -1.43. The van der Waals surface area contributed by atoms with Crippen molar-refractivity contribution in [3.05, 3.63) is 101 Å². The molecule has 0 saturated heterocycles. The normalized spacial score (nSPS) is 13.6. The van der Waals surface area contributed by atoms with Crippen LogP contribution in [0.5, 0.6) is 5.75 Å². The van der Waals surface area contributed by atoms with E-state index in [9.17, 15) is 19.5 Å². The molecule has 2 amide bonds. The first-order valence-electron chi connectivity index (χ1n) is 14.8. The molecule has 1 aliphatic heterocycles. The van der Waals surface area contributed by atoms with Gasteiger partial charge in [0.1, 0.15) is 12.5 Å². The molecule has 2 atom stereocenters. The van der Waals surface area contributed by atoms with Crippen LogP contribution >= 0.6 is 0 Å². The lowest BCUT2D eigenvalue weighted by Crippen LogP contribution is -2.42. The molecule has 234 valence electrons. The highest BCUT2D eigenvalue weighted by Crippen LogP contribution is 2.31. The number of carboxylic acids is 1. The Hall–Kier alpha value is -5.16. The fourth-order valence-electron chi connectivity index (χ4n) is 5.24. The number of hydrogen-bond donors (Lipinski definition) is 3. The first kappa shape index (κ1) is 31.3. The van der Waals surface area contributed by atoms with Crippen LogP contribution < -0.4 is 20.3 Å². The summed E-state index contributed by atoms with van der Waals surface area (Å²) in [6.07, 6.45) is 3.14. The van der Waals surface area contributed by atoms with Crippen molar-refractivity contribution in [2.24, 2.45) is 0 Å². The summed E-state index contributed by atoms with van der Waals surface area (Å²) in [6, 6.07) is 17.5. The lowest BCUT2D eigenvalue weighted by molar-refractivity contribution is -0.130. The number of nitrogens with one attached hydrogen (secondary N) is 2. The third-order valence-corrected chi connectivity index (χ3v) is 7.71. The smallest absolute Gasteiger partial charge is 0.338 e. The summed E-state index contributed by atoms with van der Waals surface area (Å²) in [7, 11) is 0. The Labute approximate surface area is 261 Å². The van der Waals surface area contributed by atoms with Gasteiger partial charge < -0.3 is 30.1 Å². The van der Waals surface area contributed by atoms with Gasteiger partial charge in [-0.2, -0.15) is 5.10 Å². The predicted molar refractivity (Wildman–Crippen MR) is 171 cm³/mol. The van der Waals surface area contributed by atoms with E-state index in [0.717, 1.165) is 44.6 Å². The zero-order chi connectivity index (χ0) is 32.1. The fraction of sp³-hybridized carbons (Fsp3) is 0.294. The number of carbonyl (C=O) groups excluding carboxylic acids is 2. The van der Waals surface area contributed by atoms with E-state index in [1.807, 2.05) is 76.2 Å². The molecule has 0 bridgehead atoms. The highest BCUT2D eigenvalue weighted by Gasteiger charge is 2.37. The molecule has 0 radical (unpaired) electrons. The largest absolute Gasteiger partial charge is 0.478 e. The number of benzene rings is 3. The third-order valence-electron chi connectivity index (χ3n) is 7.71. The van der Waals surface area contributed by atoms with Crippen LogP contribution in [0.25, 0.3) is 0 Å². The number of aryl methyl sites for hydroxylation is 3. The minimum Gasteiger partial charge on any atom is -0.478 e. The number of rotatable bonds is 12. The van der Waals surface area contributed by atoms with Gasteiger partial charge in [0.05, 0.1) is 11.8 Å². The van der Waals surface area contributed by atoms with E-state index in [1.54, 1.807) is 11.0 Å². The van der Waals surface area contributed by atoms with Gasteiger partial charge in [0.2, 0.25) is 12.3 Å². The molecule has 5 rings (SSSR count). The maximum absolute atomic E-state index is 13.9. The molecule has 4 aromatic rings. The van der Waals surface area contributed by atoms with Gasteiger partial charge in [-0.25, -0.2) is 9.48 Å². The van der Waals surface area contributed by atoms with Gasteiger partial charge in [-0.15, -0.1) is 0 Å². The summed E-state index contributed by atoms with van der Waals surface area (Å²) in [4.78, 5) is 40.8. The number of amides is 2. The second kappa shape index (κ2) is 13.6. The molecule has 11 nitrogen and oxygen atoms in total. The van der Waals surface area contributed by atoms with Gasteiger partial charge in [-0.05, 0) is 68.1 Å². The van der Waals surface area contributed by atoms with Crippen LogP contribution in [0.15, 0.2) is 73.1 Å². The second-order valence-electron chi connectivity index (χ2n) is 11.0.